The van der Waals surface area contributed by atoms with Gasteiger partial charge in [0.15, 0.2) is 0 Å². The molecule has 1 aliphatic heterocycles. The van der Waals surface area contributed by atoms with E-state index in [4.69, 9.17) is 9.72 Å². The third-order valence-electron chi connectivity index (χ3n) is 6.62. The fraction of sp³-hybridized carbons (Fsp3) is 0.0333. The van der Waals surface area contributed by atoms with Crippen LogP contribution in [0.5, 0.6) is 11.5 Å². The summed E-state index contributed by atoms with van der Waals surface area (Å²) in [7, 11) is 2.08. The number of ether oxygens (including phenoxy) is 1. The van der Waals surface area contributed by atoms with E-state index in [-0.39, 0.29) is 0 Å². The van der Waals surface area contributed by atoms with Gasteiger partial charge in [-0.25, -0.2) is 4.98 Å². The minimum Gasteiger partial charge on any atom is -0.456 e. The Labute approximate surface area is 191 Å². The van der Waals surface area contributed by atoms with E-state index in [9.17, 15) is 0 Å². The lowest BCUT2D eigenvalue weighted by molar-refractivity contribution is 0.487. The van der Waals surface area contributed by atoms with Crippen molar-refractivity contribution in [2.75, 3.05) is 0 Å². The summed E-state index contributed by atoms with van der Waals surface area (Å²) in [6.45, 7) is 0. The molecule has 3 heteroatoms. The molecule has 1 aromatic heterocycles. The second kappa shape index (κ2) is 6.81. The second-order valence-corrected chi connectivity index (χ2v) is 8.50. The normalized spacial score (nSPS) is 12.0. The van der Waals surface area contributed by atoms with Crippen molar-refractivity contribution in [1.29, 1.82) is 0 Å². The highest BCUT2D eigenvalue weighted by Crippen LogP contribution is 2.48. The first-order valence-corrected chi connectivity index (χ1v) is 11.1. The van der Waals surface area contributed by atoms with Gasteiger partial charge in [-0.05, 0) is 46.3 Å². The van der Waals surface area contributed by atoms with Gasteiger partial charge < -0.3 is 9.30 Å². The van der Waals surface area contributed by atoms with Gasteiger partial charge in [0, 0.05) is 23.6 Å². The van der Waals surface area contributed by atoms with Crippen molar-refractivity contribution in [3.05, 3.63) is 103 Å². The van der Waals surface area contributed by atoms with Gasteiger partial charge in [0.05, 0.1) is 11.0 Å². The molecule has 7 rings (SSSR count). The second-order valence-electron chi connectivity index (χ2n) is 8.50. The number of hydrogen-bond donors (Lipinski definition) is 0. The van der Waals surface area contributed by atoms with E-state index < -0.39 is 0 Å². The van der Waals surface area contributed by atoms with E-state index in [1.54, 1.807) is 0 Å². The topological polar surface area (TPSA) is 27.1 Å². The Morgan fingerprint density at radius 2 is 1.45 bits per heavy atom. The third kappa shape index (κ3) is 2.66. The van der Waals surface area contributed by atoms with Crippen LogP contribution in [-0.2, 0) is 7.05 Å². The highest BCUT2D eigenvalue weighted by molar-refractivity contribution is 6.10. The zero-order valence-corrected chi connectivity index (χ0v) is 18.1. The van der Waals surface area contributed by atoms with E-state index in [0.29, 0.717) is 0 Å². The van der Waals surface area contributed by atoms with Crippen molar-refractivity contribution in [1.82, 2.24) is 9.55 Å². The lowest BCUT2D eigenvalue weighted by atomic mass is 9.90. The first kappa shape index (κ1) is 18.2. The molecule has 5 aromatic carbocycles. The maximum absolute atomic E-state index is 6.26. The molecular weight excluding hydrogens is 404 g/mol. The molecule has 0 amide bonds. The third-order valence-corrected chi connectivity index (χ3v) is 6.62. The molecule has 156 valence electrons. The monoisotopic (exact) mass is 424 g/mol. The van der Waals surface area contributed by atoms with Crippen LogP contribution in [0.1, 0.15) is 0 Å². The van der Waals surface area contributed by atoms with E-state index in [1.807, 2.05) is 18.2 Å². The minimum atomic E-state index is 0.910. The molecule has 0 saturated carbocycles. The Morgan fingerprint density at radius 1 is 0.636 bits per heavy atom. The molecule has 0 saturated heterocycles. The number of aromatic nitrogens is 2. The smallest absolute Gasteiger partial charge is 0.140 e. The van der Waals surface area contributed by atoms with E-state index >= 15 is 0 Å². The molecule has 2 heterocycles. The van der Waals surface area contributed by atoms with Crippen LogP contribution in [0.25, 0.3) is 55.4 Å². The average Bonchev–Trinajstić information content (AvgIpc) is 3.20. The number of fused-ring (bicyclic) bond motifs is 3. The Bertz CT molecular complexity index is 1700. The number of para-hydroxylation sites is 1. The van der Waals surface area contributed by atoms with Gasteiger partial charge in [0.2, 0.25) is 0 Å². The van der Waals surface area contributed by atoms with E-state index in [2.05, 4.69) is 96.5 Å². The molecule has 0 bridgehead atoms. The van der Waals surface area contributed by atoms with Gasteiger partial charge in [-0.2, -0.15) is 0 Å². The molecule has 33 heavy (non-hydrogen) atoms. The maximum atomic E-state index is 6.26. The van der Waals surface area contributed by atoms with Crippen molar-refractivity contribution in [3.63, 3.8) is 0 Å². The summed E-state index contributed by atoms with van der Waals surface area (Å²) in [5.74, 6) is 2.80. The Kier molecular flexibility index (Phi) is 3.76. The van der Waals surface area contributed by atoms with Crippen molar-refractivity contribution < 1.29 is 4.74 Å². The lowest BCUT2D eigenvalue weighted by Gasteiger charge is -2.22. The van der Waals surface area contributed by atoms with Crippen LogP contribution in [0, 0.1) is 0 Å². The molecule has 3 nitrogen and oxygen atoms in total. The van der Waals surface area contributed by atoms with Gasteiger partial charge >= 0.3 is 0 Å². The predicted octanol–water partition coefficient (Wildman–Crippen LogP) is 7.83. The van der Waals surface area contributed by atoms with Gasteiger partial charge in [-0.3, -0.25) is 0 Å². The summed E-state index contributed by atoms with van der Waals surface area (Å²) in [5, 5.41) is 2.36. The van der Waals surface area contributed by atoms with Crippen LogP contribution < -0.4 is 4.74 Å². The van der Waals surface area contributed by atoms with Crippen LogP contribution >= 0.6 is 0 Å². The Balaban J connectivity index is 1.44. The van der Waals surface area contributed by atoms with E-state index in [0.717, 1.165) is 45.0 Å². The highest BCUT2D eigenvalue weighted by atomic mass is 16.5. The number of imidazole rings is 1. The summed E-state index contributed by atoms with van der Waals surface area (Å²) >= 11 is 0. The average molecular weight is 425 g/mol. The highest BCUT2D eigenvalue weighted by Gasteiger charge is 2.21. The van der Waals surface area contributed by atoms with Crippen LogP contribution in [0.4, 0.5) is 0 Å². The zero-order chi connectivity index (χ0) is 21.9. The van der Waals surface area contributed by atoms with Crippen molar-refractivity contribution >= 4 is 21.8 Å². The number of benzene rings is 5. The Morgan fingerprint density at radius 3 is 2.36 bits per heavy atom. The van der Waals surface area contributed by atoms with Gasteiger partial charge in [-0.15, -0.1) is 0 Å². The quantitative estimate of drug-likeness (QED) is 0.283. The Hall–Kier alpha value is -4.37. The SMILES string of the molecule is Cn1c(-c2ccccc2)nc2cc(-c3ccc4c5c(cccc35)-c3ccccc3O4)ccc21. The zero-order valence-electron chi connectivity index (χ0n) is 18.1. The van der Waals surface area contributed by atoms with Gasteiger partial charge in [0.1, 0.15) is 17.3 Å². The molecule has 1 aliphatic rings. The van der Waals surface area contributed by atoms with Crippen LogP contribution in [0.3, 0.4) is 0 Å². The van der Waals surface area contributed by atoms with Crippen molar-refractivity contribution in [3.8, 4) is 45.1 Å². The van der Waals surface area contributed by atoms with Crippen molar-refractivity contribution in [2.24, 2.45) is 7.05 Å². The standard InChI is InChI=1S/C30H20N2O/c1-32-26-16-14-20(18-25(26)31-30(32)19-8-3-2-4-9-19)21-15-17-28-29-23(21)11-7-12-24(29)22-10-5-6-13-27(22)33-28/h2-18H,1H3. The molecule has 0 N–H and O–H groups in total. The molecule has 0 fully saturated rings. The summed E-state index contributed by atoms with van der Waals surface area (Å²) < 4.78 is 8.43. The molecular formula is C30H20N2O. The van der Waals surface area contributed by atoms with Crippen LogP contribution in [0.15, 0.2) is 103 Å². The first-order chi connectivity index (χ1) is 16.3. The minimum absolute atomic E-state index is 0.910. The summed E-state index contributed by atoms with van der Waals surface area (Å²) in [6.07, 6.45) is 0. The number of hydrogen-bond acceptors (Lipinski definition) is 2. The molecule has 0 atom stereocenters. The predicted molar refractivity (Wildman–Crippen MR) is 135 cm³/mol. The van der Waals surface area contributed by atoms with Crippen LogP contribution in [0.2, 0.25) is 0 Å². The number of nitrogens with zero attached hydrogens (tertiary/aromatic N) is 2. The molecule has 0 aliphatic carbocycles. The first-order valence-electron chi connectivity index (χ1n) is 11.1. The summed E-state index contributed by atoms with van der Waals surface area (Å²) in [4.78, 5) is 4.98. The fourth-order valence-electron chi connectivity index (χ4n) is 5.04. The van der Waals surface area contributed by atoms with Gasteiger partial charge in [-0.1, -0.05) is 78.9 Å². The molecule has 0 unspecified atom stereocenters. The van der Waals surface area contributed by atoms with E-state index in [1.165, 1.54) is 21.9 Å². The van der Waals surface area contributed by atoms with Crippen LogP contribution in [-0.4, -0.2) is 9.55 Å². The molecule has 0 spiro atoms. The summed E-state index contributed by atoms with van der Waals surface area (Å²) in [6, 6.07) is 35.9. The number of rotatable bonds is 2. The van der Waals surface area contributed by atoms with Gasteiger partial charge in [0.25, 0.3) is 0 Å². The largest absolute Gasteiger partial charge is 0.456 e. The molecule has 6 aromatic rings. The fourth-order valence-corrected chi connectivity index (χ4v) is 5.04. The molecule has 0 radical (unpaired) electrons. The lowest BCUT2D eigenvalue weighted by Crippen LogP contribution is -1.97. The maximum Gasteiger partial charge on any atom is 0.140 e. The van der Waals surface area contributed by atoms with Crippen molar-refractivity contribution in [2.45, 2.75) is 0 Å². The summed E-state index contributed by atoms with van der Waals surface area (Å²) in [5.41, 5.74) is 7.94. The number of aryl methyl sites for hydroxylation is 1.